The van der Waals surface area contributed by atoms with Gasteiger partial charge >= 0.3 is 17.5 Å². The monoisotopic (exact) mass is 700 g/mol. The van der Waals surface area contributed by atoms with Gasteiger partial charge in [-0.3, -0.25) is 14.7 Å². The number of aromatic nitrogens is 1. The number of carboxylic acids is 1. The number of carboxylic acid groups (broad SMARTS) is 1. The molecule has 2 amide bonds. The average Bonchev–Trinajstić information content (AvgIpc) is 3.38. The van der Waals surface area contributed by atoms with E-state index in [-0.39, 0.29) is 57.5 Å². The maximum atomic E-state index is 14.9. The van der Waals surface area contributed by atoms with Crippen molar-refractivity contribution in [3.8, 4) is 5.75 Å². The molecule has 0 saturated carbocycles. The standard InChI is InChI=1S/C33H25ClF4N4O5S/c34-21-8-13-28-24(14-21)27(17-42(28)30(43)29(31(44)45)39-16-19-4-2-1-3-5-19)41-32(46)40-26-12-9-22(15-25(26)35)47-18-20-6-10-23(11-7-20)48-33(36,37)38/h1-15,17,29,39H,16,18H2,(H,44,45)(H2,40,41,46). The van der Waals surface area contributed by atoms with Crippen LogP contribution in [0.5, 0.6) is 5.75 Å². The lowest BCUT2D eigenvalue weighted by Gasteiger charge is -2.14. The van der Waals surface area contributed by atoms with Gasteiger partial charge in [-0.25, -0.2) is 14.0 Å². The van der Waals surface area contributed by atoms with Crippen LogP contribution in [-0.4, -0.2) is 39.1 Å². The smallest absolute Gasteiger partial charge is 0.446 e. The molecule has 5 aromatic rings. The molecule has 1 unspecified atom stereocenters. The molecule has 0 aliphatic carbocycles. The van der Waals surface area contributed by atoms with E-state index in [2.05, 4.69) is 16.0 Å². The summed E-state index contributed by atoms with van der Waals surface area (Å²) in [7, 11) is 0. The fourth-order valence-corrected chi connectivity index (χ4v) is 5.35. The Bertz CT molecular complexity index is 1960. The number of nitrogens with zero attached hydrogens (tertiary/aromatic N) is 1. The highest BCUT2D eigenvalue weighted by atomic mass is 35.5. The third-order valence-corrected chi connectivity index (χ3v) is 7.82. The summed E-state index contributed by atoms with van der Waals surface area (Å²) in [6, 6.07) is 20.1. The number of hydrogen-bond acceptors (Lipinski definition) is 6. The van der Waals surface area contributed by atoms with E-state index < -0.39 is 35.3 Å². The highest BCUT2D eigenvalue weighted by molar-refractivity contribution is 8.00. The molecule has 0 spiro atoms. The normalized spacial score (nSPS) is 12.0. The van der Waals surface area contributed by atoms with Gasteiger partial charge in [-0.2, -0.15) is 13.2 Å². The van der Waals surface area contributed by atoms with Gasteiger partial charge in [0.05, 0.1) is 16.9 Å². The van der Waals surface area contributed by atoms with Crippen molar-refractivity contribution in [3.63, 3.8) is 0 Å². The van der Waals surface area contributed by atoms with Gasteiger partial charge in [0.2, 0.25) is 0 Å². The summed E-state index contributed by atoms with van der Waals surface area (Å²) < 4.78 is 59.1. The first-order valence-electron chi connectivity index (χ1n) is 14.1. The summed E-state index contributed by atoms with van der Waals surface area (Å²) in [5.41, 5.74) is -2.91. The van der Waals surface area contributed by atoms with Gasteiger partial charge in [-0.1, -0.05) is 54.1 Å². The first-order valence-corrected chi connectivity index (χ1v) is 15.3. The predicted molar refractivity (Wildman–Crippen MR) is 174 cm³/mol. The lowest BCUT2D eigenvalue weighted by Crippen LogP contribution is -2.45. The Morgan fingerprint density at radius 1 is 0.896 bits per heavy atom. The highest BCUT2D eigenvalue weighted by Crippen LogP contribution is 2.37. The van der Waals surface area contributed by atoms with E-state index in [1.165, 1.54) is 60.8 Å². The minimum atomic E-state index is -4.40. The summed E-state index contributed by atoms with van der Waals surface area (Å²) >= 11 is 5.94. The summed E-state index contributed by atoms with van der Waals surface area (Å²) in [6.45, 7) is 0.0642. The Morgan fingerprint density at radius 2 is 1.60 bits per heavy atom. The molecule has 1 atom stereocenters. The van der Waals surface area contributed by atoms with Crippen LogP contribution >= 0.6 is 23.4 Å². The number of ether oxygens (including phenoxy) is 1. The van der Waals surface area contributed by atoms with Crippen molar-refractivity contribution in [2.75, 3.05) is 10.6 Å². The number of rotatable bonds is 11. The van der Waals surface area contributed by atoms with E-state index in [9.17, 15) is 37.1 Å². The van der Waals surface area contributed by atoms with Gasteiger partial charge in [0.1, 0.15) is 18.2 Å². The van der Waals surface area contributed by atoms with Crippen LogP contribution in [-0.2, 0) is 17.9 Å². The van der Waals surface area contributed by atoms with Crippen molar-refractivity contribution in [1.29, 1.82) is 0 Å². The SMILES string of the molecule is O=C(Nc1ccc(OCc2ccc(SC(F)(F)F)cc2)cc1F)Nc1cn(C(=O)C(NCc2ccccc2)C(=O)O)c2ccc(Cl)cc12. The third kappa shape index (κ3) is 8.85. The summed E-state index contributed by atoms with van der Waals surface area (Å²) in [5, 5.41) is 18.1. The largest absolute Gasteiger partial charge is 0.489 e. The topological polar surface area (TPSA) is 122 Å². The van der Waals surface area contributed by atoms with Gasteiger partial charge < -0.3 is 20.5 Å². The van der Waals surface area contributed by atoms with Gasteiger partial charge in [0, 0.05) is 34.1 Å². The number of thioether (sulfide) groups is 1. The molecular weight excluding hydrogens is 676 g/mol. The van der Waals surface area contributed by atoms with E-state index in [1.54, 1.807) is 30.3 Å². The number of halogens is 5. The summed E-state index contributed by atoms with van der Waals surface area (Å²) in [4.78, 5) is 38.4. The molecule has 1 heterocycles. The maximum Gasteiger partial charge on any atom is 0.446 e. The number of amides is 2. The van der Waals surface area contributed by atoms with Gasteiger partial charge in [0.25, 0.3) is 5.91 Å². The number of fused-ring (bicyclic) bond motifs is 1. The van der Waals surface area contributed by atoms with E-state index in [1.807, 2.05) is 0 Å². The molecule has 48 heavy (non-hydrogen) atoms. The second-order valence-electron chi connectivity index (χ2n) is 10.3. The molecule has 0 saturated heterocycles. The number of carbonyl (C=O) groups excluding carboxylic acids is 2. The van der Waals surface area contributed by atoms with Crippen LogP contribution in [0.25, 0.3) is 10.9 Å². The third-order valence-electron chi connectivity index (χ3n) is 6.85. The summed E-state index contributed by atoms with van der Waals surface area (Å²) in [6.07, 6.45) is 1.25. The van der Waals surface area contributed by atoms with Crippen LogP contribution < -0.4 is 20.7 Å². The molecular formula is C33H25ClF4N4O5S. The lowest BCUT2D eigenvalue weighted by atomic mass is 10.2. The number of anilines is 2. The zero-order valence-corrected chi connectivity index (χ0v) is 26.1. The van der Waals surface area contributed by atoms with Gasteiger partial charge in [-0.05, 0) is 65.4 Å². The first-order chi connectivity index (χ1) is 22.9. The second kappa shape index (κ2) is 14.8. The van der Waals surface area contributed by atoms with E-state index >= 15 is 0 Å². The minimum absolute atomic E-state index is 0.0190. The zero-order valence-electron chi connectivity index (χ0n) is 24.6. The Kier molecular flexibility index (Phi) is 10.6. The fraction of sp³-hybridized carbons (Fsp3) is 0.121. The Labute approximate surface area is 279 Å². The highest BCUT2D eigenvalue weighted by Gasteiger charge is 2.30. The minimum Gasteiger partial charge on any atom is -0.489 e. The fourth-order valence-electron chi connectivity index (χ4n) is 4.64. The van der Waals surface area contributed by atoms with E-state index in [4.69, 9.17) is 16.3 Å². The molecule has 0 aliphatic rings. The Morgan fingerprint density at radius 3 is 2.27 bits per heavy atom. The van der Waals surface area contributed by atoms with Crippen molar-refractivity contribution in [2.45, 2.75) is 29.6 Å². The molecule has 0 radical (unpaired) electrons. The molecule has 0 fully saturated rings. The second-order valence-corrected chi connectivity index (χ2v) is 11.8. The number of nitrogens with one attached hydrogen (secondary N) is 3. The van der Waals surface area contributed by atoms with Gasteiger partial charge in [-0.15, -0.1) is 0 Å². The van der Waals surface area contributed by atoms with Crippen LogP contribution in [0.3, 0.4) is 0 Å². The molecule has 1 aromatic heterocycles. The maximum absolute atomic E-state index is 14.9. The lowest BCUT2D eigenvalue weighted by molar-refractivity contribution is -0.138. The van der Waals surface area contributed by atoms with Crippen LogP contribution in [0.4, 0.5) is 33.7 Å². The first kappa shape index (κ1) is 34.3. The quantitative estimate of drug-likeness (QED) is 0.0623. The number of aliphatic carboxylic acids is 1. The molecule has 0 bridgehead atoms. The van der Waals surface area contributed by atoms with Crippen molar-refractivity contribution in [1.82, 2.24) is 9.88 Å². The Balaban J connectivity index is 1.26. The number of carbonyl (C=O) groups is 3. The average molecular weight is 701 g/mol. The van der Waals surface area contributed by atoms with Crippen LogP contribution in [0.2, 0.25) is 5.02 Å². The van der Waals surface area contributed by atoms with Crippen molar-refractivity contribution in [2.24, 2.45) is 0 Å². The van der Waals surface area contributed by atoms with Crippen LogP contribution in [0.15, 0.2) is 102 Å². The van der Waals surface area contributed by atoms with Crippen molar-refractivity contribution < 1.29 is 41.8 Å². The number of alkyl halides is 3. The summed E-state index contributed by atoms with van der Waals surface area (Å²) in [5.74, 6) is -2.96. The Hall–Kier alpha value is -5.05. The number of hydrogen-bond donors (Lipinski definition) is 4. The number of benzene rings is 4. The molecule has 4 N–H and O–H groups in total. The van der Waals surface area contributed by atoms with Crippen molar-refractivity contribution in [3.05, 3.63) is 119 Å². The van der Waals surface area contributed by atoms with Crippen LogP contribution in [0, 0.1) is 5.82 Å². The molecule has 4 aromatic carbocycles. The molecule has 0 aliphatic heterocycles. The van der Waals surface area contributed by atoms with Gasteiger partial charge in [0.15, 0.2) is 6.04 Å². The van der Waals surface area contributed by atoms with E-state index in [0.29, 0.717) is 10.9 Å². The molecule has 5 rings (SSSR count). The molecule has 248 valence electrons. The number of urea groups is 1. The van der Waals surface area contributed by atoms with Crippen LogP contribution in [0.1, 0.15) is 15.9 Å². The zero-order chi connectivity index (χ0) is 34.4. The molecule has 9 nitrogen and oxygen atoms in total. The van der Waals surface area contributed by atoms with E-state index in [0.717, 1.165) is 16.2 Å². The molecule has 15 heteroatoms. The van der Waals surface area contributed by atoms with Crippen molar-refractivity contribution >= 4 is 63.5 Å². The predicted octanol–water partition coefficient (Wildman–Crippen LogP) is 8.15.